The van der Waals surface area contributed by atoms with E-state index in [2.05, 4.69) is 11.9 Å². The van der Waals surface area contributed by atoms with Crippen molar-refractivity contribution in [1.82, 2.24) is 0 Å². The summed E-state index contributed by atoms with van der Waals surface area (Å²) < 4.78 is 0. The van der Waals surface area contributed by atoms with Crippen molar-refractivity contribution in [3.8, 4) is 5.75 Å². The fraction of sp³-hybridized carbons (Fsp3) is 0.182. The molecule has 0 saturated heterocycles. The van der Waals surface area contributed by atoms with Crippen molar-refractivity contribution in [3.05, 3.63) is 36.4 Å². The Morgan fingerprint density at radius 3 is 2.93 bits per heavy atom. The number of hydrogen-bond donors (Lipinski definition) is 2. The van der Waals surface area contributed by atoms with Crippen molar-refractivity contribution in [1.29, 1.82) is 0 Å². The largest absolute Gasteiger partial charge is 0.506 e. The molecule has 0 aliphatic carbocycles. The van der Waals surface area contributed by atoms with Gasteiger partial charge in [-0.1, -0.05) is 12.1 Å². The Balaban J connectivity index is 2.76. The lowest BCUT2D eigenvalue weighted by molar-refractivity contribution is -0.115. The summed E-state index contributed by atoms with van der Waals surface area (Å²) in [7, 11) is 0. The standard InChI is InChI=1S/C11H13NO2/c1-3-4-11(14)12-9-6-5-8(2)7-10(9)13/h3,5-7,13H,1,4H2,2H3,(H,12,14). The molecule has 0 aliphatic heterocycles. The second-order valence-corrected chi connectivity index (χ2v) is 3.06. The van der Waals surface area contributed by atoms with Crippen LogP contribution in [0.1, 0.15) is 12.0 Å². The third-order valence-corrected chi connectivity index (χ3v) is 1.76. The topological polar surface area (TPSA) is 49.3 Å². The number of carbonyl (C=O) groups is 1. The zero-order valence-electron chi connectivity index (χ0n) is 8.08. The van der Waals surface area contributed by atoms with Crippen LogP contribution >= 0.6 is 0 Å². The second kappa shape index (κ2) is 4.46. The highest BCUT2D eigenvalue weighted by Crippen LogP contribution is 2.23. The molecule has 0 aromatic heterocycles. The minimum Gasteiger partial charge on any atom is -0.506 e. The van der Waals surface area contributed by atoms with Crippen LogP contribution in [0.4, 0.5) is 5.69 Å². The van der Waals surface area contributed by atoms with Gasteiger partial charge in [-0.3, -0.25) is 4.79 Å². The minimum absolute atomic E-state index is 0.0856. The van der Waals surface area contributed by atoms with Crippen LogP contribution in [0.5, 0.6) is 5.75 Å². The van der Waals surface area contributed by atoms with Gasteiger partial charge < -0.3 is 10.4 Å². The third-order valence-electron chi connectivity index (χ3n) is 1.76. The van der Waals surface area contributed by atoms with Crippen LogP contribution in [0.3, 0.4) is 0 Å². The number of phenols is 1. The maximum absolute atomic E-state index is 11.2. The maximum atomic E-state index is 11.2. The molecule has 1 aromatic carbocycles. The summed E-state index contributed by atoms with van der Waals surface area (Å²) in [5.74, 6) is -0.0958. The predicted molar refractivity (Wildman–Crippen MR) is 56.3 cm³/mol. The van der Waals surface area contributed by atoms with E-state index in [4.69, 9.17) is 0 Å². The van der Waals surface area contributed by atoms with Crippen LogP contribution < -0.4 is 5.32 Å². The van der Waals surface area contributed by atoms with Crippen LogP contribution in [-0.2, 0) is 4.79 Å². The van der Waals surface area contributed by atoms with Gasteiger partial charge in [-0.25, -0.2) is 0 Å². The van der Waals surface area contributed by atoms with Crippen LogP contribution in [0.15, 0.2) is 30.9 Å². The molecule has 0 bridgehead atoms. The number of benzene rings is 1. The summed E-state index contributed by atoms with van der Waals surface area (Å²) in [6, 6.07) is 5.10. The summed E-state index contributed by atoms with van der Waals surface area (Å²) in [6.45, 7) is 5.33. The molecule has 0 unspecified atom stereocenters. The molecule has 14 heavy (non-hydrogen) atoms. The van der Waals surface area contributed by atoms with Crippen molar-refractivity contribution in [2.45, 2.75) is 13.3 Å². The van der Waals surface area contributed by atoms with Crippen molar-refractivity contribution in [2.24, 2.45) is 0 Å². The van der Waals surface area contributed by atoms with Crippen LogP contribution in [0.2, 0.25) is 0 Å². The summed E-state index contributed by atoms with van der Waals surface area (Å²) >= 11 is 0. The molecule has 0 heterocycles. The van der Waals surface area contributed by atoms with E-state index in [1.54, 1.807) is 12.1 Å². The van der Waals surface area contributed by atoms with Gasteiger partial charge in [0.15, 0.2) is 0 Å². The fourth-order valence-corrected chi connectivity index (χ4v) is 1.08. The van der Waals surface area contributed by atoms with E-state index in [1.807, 2.05) is 13.0 Å². The summed E-state index contributed by atoms with van der Waals surface area (Å²) in [5.41, 5.74) is 1.38. The lowest BCUT2D eigenvalue weighted by Crippen LogP contribution is -2.09. The Hall–Kier alpha value is -1.77. The highest BCUT2D eigenvalue weighted by atomic mass is 16.3. The molecule has 74 valence electrons. The van der Waals surface area contributed by atoms with Crippen LogP contribution in [-0.4, -0.2) is 11.0 Å². The molecular formula is C11H13NO2. The molecule has 2 N–H and O–H groups in total. The summed E-state index contributed by atoms with van der Waals surface area (Å²) in [5, 5.41) is 12.0. The van der Waals surface area contributed by atoms with E-state index in [-0.39, 0.29) is 18.1 Å². The molecule has 1 rings (SSSR count). The molecule has 0 atom stereocenters. The molecular weight excluding hydrogens is 178 g/mol. The smallest absolute Gasteiger partial charge is 0.228 e. The minimum atomic E-state index is -0.181. The lowest BCUT2D eigenvalue weighted by Gasteiger charge is -2.06. The monoisotopic (exact) mass is 191 g/mol. The number of aromatic hydroxyl groups is 1. The Kier molecular flexibility index (Phi) is 3.29. The molecule has 0 radical (unpaired) electrons. The summed E-state index contributed by atoms with van der Waals surface area (Å²) in [4.78, 5) is 11.2. The zero-order valence-corrected chi connectivity index (χ0v) is 8.08. The van der Waals surface area contributed by atoms with Gasteiger partial charge in [0.05, 0.1) is 5.69 Å². The Labute approximate surface area is 83.1 Å². The first-order valence-corrected chi connectivity index (χ1v) is 4.34. The number of rotatable bonds is 3. The van der Waals surface area contributed by atoms with Crippen molar-refractivity contribution in [3.63, 3.8) is 0 Å². The highest BCUT2D eigenvalue weighted by molar-refractivity contribution is 5.93. The summed E-state index contributed by atoms with van der Waals surface area (Å²) in [6.07, 6.45) is 1.76. The molecule has 3 heteroatoms. The number of nitrogens with one attached hydrogen (secondary N) is 1. The number of anilines is 1. The van der Waals surface area contributed by atoms with Crippen molar-refractivity contribution >= 4 is 11.6 Å². The first-order valence-electron chi connectivity index (χ1n) is 4.34. The average molecular weight is 191 g/mol. The maximum Gasteiger partial charge on any atom is 0.228 e. The first-order chi connectivity index (χ1) is 6.63. The van der Waals surface area contributed by atoms with Gasteiger partial charge in [0.2, 0.25) is 5.91 Å². The number of amides is 1. The van der Waals surface area contributed by atoms with Gasteiger partial charge in [0.1, 0.15) is 5.75 Å². The average Bonchev–Trinajstić information content (AvgIpc) is 2.10. The quantitative estimate of drug-likeness (QED) is 0.568. The SMILES string of the molecule is C=CCC(=O)Nc1ccc(C)cc1O. The van der Waals surface area contributed by atoms with Gasteiger partial charge in [-0.05, 0) is 24.6 Å². The van der Waals surface area contributed by atoms with Gasteiger partial charge in [0, 0.05) is 6.42 Å². The van der Waals surface area contributed by atoms with E-state index < -0.39 is 0 Å². The third kappa shape index (κ3) is 2.62. The van der Waals surface area contributed by atoms with E-state index >= 15 is 0 Å². The van der Waals surface area contributed by atoms with E-state index in [9.17, 15) is 9.90 Å². The Bertz CT molecular complexity index is 358. The number of aryl methyl sites for hydroxylation is 1. The van der Waals surface area contributed by atoms with Gasteiger partial charge in [-0.15, -0.1) is 6.58 Å². The molecule has 0 aliphatic rings. The molecule has 1 aromatic rings. The van der Waals surface area contributed by atoms with E-state index in [0.717, 1.165) is 5.56 Å². The zero-order chi connectivity index (χ0) is 10.6. The van der Waals surface area contributed by atoms with Crippen LogP contribution in [0.25, 0.3) is 0 Å². The van der Waals surface area contributed by atoms with E-state index in [0.29, 0.717) is 5.69 Å². The molecule has 0 spiro atoms. The predicted octanol–water partition coefficient (Wildman–Crippen LogP) is 2.22. The Morgan fingerprint density at radius 2 is 2.36 bits per heavy atom. The number of carbonyl (C=O) groups excluding carboxylic acids is 1. The highest BCUT2D eigenvalue weighted by Gasteiger charge is 2.04. The van der Waals surface area contributed by atoms with Crippen LogP contribution in [0, 0.1) is 6.92 Å². The molecule has 3 nitrogen and oxygen atoms in total. The first kappa shape index (κ1) is 10.3. The molecule has 1 amide bonds. The molecule has 0 fully saturated rings. The van der Waals surface area contributed by atoms with Gasteiger partial charge >= 0.3 is 0 Å². The van der Waals surface area contributed by atoms with Crippen molar-refractivity contribution < 1.29 is 9.90 Å². The fourth-order valence-electron chi connectivity index (χ4n) is 1.08. The van der Waals surface area contributed by atoms with Gasteiger partial charge in [-0.2, -0.15) is 0 Å². The Morgan fingerprint density at radius 1 is 1.64 bits per heavy atom. The molecule has 0 saturated carbocycles. The second-order valence-electron chi connectivity index (χ2n) is 3.06. The number of phenolic OH excluding ortho intramolecular Hbond substituents is 1. The van der Waals surface area contributed by atoms with Crippen molar-refractivity contribution in [2.75, 3.05) is 5.32 Å². The van der Waals surface area contributed by atoms with Gasteiger partial charge in [0.25, 0.3) is 0 Å². The van der Waals surface area contributed by atoms with E-state index in [1.165, 1.54) is 6.08 Å². The lowest BCUT2D eigenvalue weighted by atomic mass is 10.2. The number of hydrogen-bond acceptors (Lipinski definition) is 2. The normalized spacial score (nSPS) is 9.50.